The van der Waals surface area contributed by atoms with Crippen molar-refractivity contribution in [2.45, 2.75) is 57.3 Å². The third-order valence-corrected chi connectivity index (χ3v) is 7.12. The second-order valence-corrected chi connectivity index (χ2v) is 9.13. The molecule has 1 unspecified atom stereocenters. The number of carbonyl (C=O) groups is 2. The molecule has 8 heteroatoms. The number of hydrogen-bond acceptors (Lipinski definition) is 5. The third-order valence-electron chi connectivity index (χ3n) is 7.12. The van der Waals surface area contributed by atoms with Crippen LogP contribution in [0.1, 0.15) is 38.2 Å². The molecule has 4 rings (SSSR count). The predicted octanol–water partition coefficient (Wildman–Crippen LogP) is 3.00. The number of methoxy groups -OCH3 is 1. The molecule has 3 amide bonds. The maximum absolute atomic E-state index is 13.7. The molecule has 1 aromatic heterocycles. The van der Waals surface area contributed by atoms with E-state index in [1.807, 2.05) is 52.2 Å². The molecule has 0 bridgehead atoms. The summed E-state index contributed by atoms with van der Waals surface area (Å²) in [5.74, 6) is -0.0439. The van der Waals surface area contributed by atoms with Gasteiger partial charge in [-0.3, -0.25) is 14.4 Å². The fourth-order valence-electron chi connectivity index (χ4n) is 5.12. The van der Waals surface area contributed by atoms with Crippen LogP contribution in [0, 0.1) is 0 Å². The van der Waals surface area contributed by atoms with E-state index in [1.54, 1.807) is 13.3 Å². The van der Waals surface area contributed by atoms with Crippen molar-refractivity contribution in [3.63, 3.8) is 0 Å². The topological polar surface area (TPSA) is 70.9 Å². The summed E-state index contributed by atoms with van der Waals surface area (Å²) in [5.41, 5.74) is 0.232. The molecule has 3 heterocycles. The minimum atomic E-state index is -0.738. The molecule has 2 aliphatic heterocycles. The second kappa shape index (κ2) is 10.5. The lowest BCUT2D eigenvalue weighted by molar-refractivity contribution is -0.136. The lowest BCUT2D eigenvalue weighted by Gasteiger charge is -2.44. The molecule has 33 heavy (non-hydrogen) atoms. The lowest BCUT2D eigenvalue weighted by Crippen LogP contribution is -2.58. The second-order valence-electron chi connectivity index (χ2n) is 9.13. The summed E-state index contributed by atoms with van der Waals surface area (Å²) in [6.07, 6.45) is 6.85. The molecule has 2 saturated heterocycles. The Morgan fingerprint density at radius 3 is 2.52 bits per heavy atom. The summed E-state index contributed by atoms with van der Waals surface area (Å²) in [6.45, 7) is 6.16. The molecule has 0 aliphatic carbocycles. The van der Waals surface area contributed by atoms with Gasteiger partial charge in [0.15, 0.2) is 0 Å². The quantitative estimate of drug-likeness (QED) is 0.409. The van der Waals surface area contributed by atoms with Gasteiger partial charge in [0.2, 0.25) is 0 Å². The Balaban J connectivity index is 1.45. The fraction of sp³-hybridized carbons (Fsp3) is 0.560. The third kappa shape index (κ3) is 4.96. The van der Waals surface area contributed by atoms with Crippen LogP contribution in [0.5, 0.6) is 0 Å². The summed E-state index contributed by atoms with van der Waals surface area (Å²) in [4.78, 5) is 32.8. The van der Waals surface area contributed by atoms with Crippen molar-refractivity contribution in [1.82, 2.24) is 24.5 Å². The maximum Gasteiger partial charge on any atom is 0.327 e. The number of ether oxygens (including phenoxy) is 1. The van der Waals surface area contributed by atoms with Gasteiger partial charge in [0.1, 0.15) is 5.54 Å². The molecular formula is C25H35N5O3. The number of piperidine rings is 1. The van der Waals surface area contributed by atoms with Crippen LogP contribution in [0.25, 0.3) is 0 Å². The molecule has 1 spiro atoms. The van der Waals surface area contributed by atoms with Crippen molar-refractivity contribution in [3.05, 3.63) is 54.4 Å². The van der Waals surface area contributed by atoms with Gasteiger partial charge in [-0.1, -0.05) is 30.3 Å². The summed E-state index contributed by atoms with van der Waals surface area (Å²) in [7, 11) is 1.66. The van der Waals surface area contributed by atoms with Gasteiger partial charge in [0.25, 0.3) is 5.91 Å². The van der Waals surface area contributed by atoms with E-state index >= 15 is 0 Å². The van der Waals surface area contributed by atoms with Crippen LogP contribution >= 0.6 is 0 Å². The van der Waals surface area contributed by atoms with E-state index in [-0.39, 0.29) is 11.9 Å². The number of benzene rings is 1. The fourth-order valence-corrected chi connectivity index (χ4v) is 5.12. The first-order valence-corrected chi connectivity index (χ1v) is 11.9. The largest absolute Gasteiger partial charge is 0.385 e. The first-order chi connectivity index (χ1) is 16.0. The Morgan fingerprint density at radius 1 is 1.09 bits per heavy atom. The van der Waals surface area contributed by atoms with Crippen molar-refractivity contribution in [2.75, 3.05) is 33.4 Å². The molecule has 0 saturated carbocycles. The van der Waals surface area contributed by atoms with Crippen LogP contribution in [0.2, 0.25) is 0 Å². The summed E-state index contributed by atoms with van der Waals surface area (Å²) < 4.78 is 7.17. The Morgan fingerprint density at radius 2 is 1.85 bits per heavy atom. The van der Waals surface area contributed by atoms with Crippen LogP contribution in [-0.4, -0.2) is 81.4 Å². The average Bonchev–Trinajstić information content (AvgIpc) is 3.42. The van der Waals surface area contributed by atoms with Gasteiger partial charge < -0.3 is 14.5 Å². The molecule has 1 atom stereocenters. The molecule has 178 valence electrons. The lowest BCUT2D eigenvalue weighted by atomic mass is 9.85. The molecule has 8 nitrogen and oxygen atoms in total. The molecule has 1 aromatic carbocycles. The minimum Gasteiger partial charge on any atom is -0.385 e. The van der Waals surface area contributed by atoms with Crippen LogP contribution in [-0.2, 0) is 22.6 Å². The maximum atomic E-state index is 13.7. The zero-order chi connectivity index (χ0) is 23.3. The van der Waals surface area contributed by atoms with E-state index in [2.05, 4.69) is 16.9 Å². The number of imide groups is 1. The molecular weight excluding hydrogens is 418 g/mol. The first-order valence-electron chi connectivity index (χ1n) is 11.9. The van der Waals surface area contributed by atoms with E-state index in [4.69, 9.17) is 4.74 Å². The summed E-state index contributed by atoms with van der Waals surface area (Å²) >= 11 is 0. The number of carbonyl (C=O) groups excluding carboxylic acids is 2. The van der Waals surface area contributed by atoms with Crippen molar-refractivity contribution in [2.24, 2.45) is 0 Å². The number of aromatic nitrogens is 2. The highest BCUT2D eigenvalue weighted by atomic mass is 16.5. The average molecular weight is 454 g/mol. The number of hydrogen-bond donors (Lipinski definition) is 0. The zero-order valence-corrected chi connectivity index (χ0v) is 19.7. The summed E-state index contributed by atoms with van der Waals surface area (Å²) in [5, 5.41) is 4.29. The highest BCUT2D eigenvalue weighted by Gasteiger charge is 2.57. The van der Waals surface area contributed by atoms with Crippen molar-refractivity contribution in [1.29, 1.82) is 0 Å². The highest BCUT2D eigenvalue weighted by Crippen LogP contribution is 2.38. The molecule has 2 aromatic rings. The smallest absolute Gasteiger partial charge is 0.327 e. The van der Waals surface area contributed by atoms with Crippen molar-refractivity contribution in [3.8, 4) is 0 Å². The molecule has 0 N–H and O–H groups in total. The van der Waals surface area contributed by atoms with Crippen LogP contribution in [0.15, 0.2) is 48.8 Å². The minimum absolute atomic E-state index is 0.0439. The number of urea groups is 1. The number of amides is 3. The number of rotatable bonds is 10. The van der Waals surface area contributed by atoms with Gasteiger partial charge in [-0.05, 0) is 44.2 Å². The predicted molar refractivity (Wildman–Crippen MR) is 125 cm³/mol. The number of aryl methyl sites for hydroxylation is 1. The van der Waals surface area contributed by atoms with Crippen molar-refractivity contribution < 1.29 is 14.3 Å². The van der Waals surface area contributed by atoms with Gasteiger partial charge in [0, 0.05) is 58.3 Å². The zero-order valence-electron chi connectivity index (χ0n) is 19.7. The van der Waals surface area contributed by atoms with Crippen LogP contribution in [0.4, 0.5) is 4.79 Å². The Hall–Kier alpha value is -2.71. The normalized spacial score (nSPS) is 19.6. The first kappa shape index (κ1) is 23.4. The van der Waals surface area contributed by atoms with Gasteiger partial charge >= 0.3 is 6.03 Å². The monoisotopic (exact) mass is 453 g/mol. The SMILES string of the molecule is COCCCN1C(=O)N(Cc2ccccc2)C(=O)C12CCN(C(C)CCn1cccn1)CC2. The van der Waals surface area contributed by atoms with Gasteiger partial charge in [-0.15, -0.1) is 0 Å². The van der Waals surface area contributed by atoms with Crippen LogP contribution < -0.4 is 0 Å². The molecule has 0 radical (unpaired) electrons. The molecule has 2 aliphatic rings. The number of likely N-dealkylation sites (tertiary alicyclic amines) is 1. The van der Waals surface area contributed by atoms with E-state index in [9.17, 15) is 9.59 Å². The number of nitrogens with zero attached hydrogens (tertiary/aromatic N) is 5. The Bertz CT molecular complexity index is 909. The van der Waals surface area contributed by atoms with Gasteiger partial charge in [-0.2, -0.15) is 5.10 Å². The van der Waals surface area contributed by atoms with Gasteiger partial charge in [-0.25, -0.2) is 4.79 Å². The van der Waals surface area contributed by atoms with Gasteiger partial charge in [0.05, 0.1) is 6.54 Å². The van der Waals surface area contributed by atoms with E-state index in [1.165, 1.54) is 4.90 Å². The Labute approximate surface area is 196 Å². The Kier molecular flexibility index (Phi) is 7.45. The highest BCUT2D eigenvalue weighted by molar-refractivity contribution is 6.07. The van der Waals surface area contributed by atoms with E-state index in [0.29, 0.717) is 38.6 Å². The molecule has 2 fully saturated rings. The summed E-state index contributed by atoms with van der Waals surface area (Å²) in [6, 6.07) is 11.9. The van der Waals surface area contributed by atoms with Crippen molar-refractivity contribution >= 4 is 11.9 Å². The van der Waals surface area contributed by atoms with Crippen LogP contribution in [0.3, 0.4) is 0 Å². The van der Waals surface area contributed by atoms with E-state index < -0.39 is 5.54 Å². The standard InChI is InChI=1S/C25H35N5O3/c1-21(10-16-28-14-6-13-26-28)27-17-11-25(12-18-27)23(31)29(20-22-8-4-3-5-9-22)24(32)30(25)15-7-19-33-2/h3-6,8-9,13-14,21H,7,10-12,15-20H2,1-2H3. The van der Waals surface area contributed by atoms with E-state index in [0.717, 1.165) is 38.0 Å².